The highest BCUT2D eigenvalue weighted by Gasteiger charge is 2.21. The van der Waals surface area contributed by atoms with Crippen molar-refractivity contribution < 1.29 is 14.3 Å². The molecule has 2 N–H and O–H groups in total. The van der Waals surface area contributed by atoms with Crippen LogP contribution in [0.2, 0.25) is 0 Å². The standard InChI is InChI=1S/C19H29N3O3/c1-19(2,3)18(24)21-13-17(23)20-12-15-6-4-5-7-16(15)14-22-8-10-25-11-9-22/h4-7H,8-14H2,1-3H3,(H,20,23)(H,21,24). The van der Waals surface area contributed by atoms with E-state index < -0.39 is 5.41 Å². The zero-order chi connectivity index (χ0) is 18.3. The number of nitrogens with zero attached hydrogens (tertiary/aromatic N) is 1. The van der Waals surface area contributed by atoms with Gasteiger partial charge >= 0.3 is 0 Å². The van der Waals surface area contributed by atoms with Crippen molar-refractivity contribution in [2.24, 2.45) is 5.41 Å². The van der Waals surface area contributed by atoms with Crippen LogP contribution in [0.3, 0.4) is 0 Å². The molecule has 0 radical (unpaired) electrons. The van der Waals surface area contributed by atoms with Crippen LogP contribution in [-0.4, -0.2) is 49.6 Å². The molecule has 0 atom stereocenters. The summed E-state index contributed by atoms with van der Waals surface area (Å²) >= 11 is 0. The highest BCUT2D eigenvalue weighted by molar-refractivity contribution is 5.87. The Labute approximate surface area is 149 Å². The summed E-state index contributed by atoms with van der Waals surface area (Å²) in [5, 5.41) is 5.55. The maximum Gasteiger partial charge on any atom is 0.239 e. The van der Waals surface area contributed by atoms with E-state index >= 15 is 0 Å². The summed E-state index contributed by atoms with van der Waals surface area (Å²) in [5.74, 6) is -0.311. The van der Waals surface area contributed by atoms with Crippen molar-refractivity contribution in [3.8, 4) is 0 Å². The van der Waals surface area contributed by atoms with Crippen LogP contribution in [0.15, 0.2) is 24.3 Å². The van der Waals surface area contributed by atoms with E-state index in [1.807, 2.05) is 39.0 Å². The summed E-state index contributed by atoms with van der Waals surface area (Å²) in [7, 11) is 0. The third kappa shape index (κ3) is 6.48. The van der Waals surface area contributed by atoms with Crippen LogP contribution < -0.4 is 10.6 Å². The number of carbonyl (C=O) groups is 2. The molecule has 1 heterocycles. The van der Waals surface area contributed by atoms with Gasteiger partial charge in [-0.3, -0.25) is 14.5 Å². The number of hydrogen-bond acceptors (Lipinski definition) is 4. The van der Waals surface area contributed by atoms with Crippen LogP contribution >= 0.6 is 0 Å². The van der Waals surface area contributed by atoms with Gasteiger partial charge < -0.3 is 15.4 Å². The third-order valence-corrected chi connectivity index (χ3v) is 4.18. The van der Waals surface area contributed by atoms with E-state index in [-0.39, 0.29) is 18.4 Å². The Morgan fingerprint density at radius 2 is 1.72 bits per heavy atom. The fraction of sp³-hybridized carbons (Fsp3) is 0.579. The summed E-state index contributed by atoms with van der Waals surface area (Å²) < 4.78 is 5.38. The minimum Gasteiger partial charge on any atom is -0.379 e. The molecule has 1 aliphatic heterocycles. The maximum atomic E-state index is 12.0. The molecule has 138 valence electrons. The highest BCUT2D eigenvalue weighted by atomic mass is 16.5. The van der Waals surface area contributed by atoms with Crippen molar-refractivity contribution in [3.63, 3.8) is 0 Å². The molecule has 1 fully saturated rings. The summed E-state index contributed by atoms with van der Waals surface area (Å²) in [6.45, 7) is 10.2. The van der Waals surface area contributed by atoms with Crippen LogP contribution in [-0.2, 0) is 27.4 Å². The van der Waals surface area contributed by atoms with E-state index in [4.69, 9.17) is 4.74 Å². The molecule has 6 nitrogen and oxygen atoms in total. The molecule has 0 saturated carbocycles. The first kappa shape index (κ1) is 19.4. The van der Waals surface area contributed by atoms with Crippen LogP contribution in [0.25, 0.3) is 0 Å². The molecule has 25 heavy (non-hydrogen) atoms. The Kier molecular flexibility index (Phi) is 6.96. The third-order valence-electron chi connectivity index (χ3n) is 4.18. The molecule has 2 rings (SSSR count). The number of nitrogens with one attached hydrogen (secondary N) is 2. The molecule has 0 spiro atoms. The minimum atomic E-state index is -0.495. The van der Waals surface area contributed by atoms with Crippen molar-refractivity contribution >= 4 is 11.8 Å². The van der Waals surface area contributed by atoms with E-state index in [2.05, 4.69) is 21.6 Å². The normalized spacial score (nSPS) is 15.6. The van der Waals surface area contributed by atoms with Crippen LogP contribution in [0, 0.1) is 5.41 Å². The van der Waals surface area contributed by atoms with Crippen molar-refractivity contribution in [3.05, 3.63) is 35.4 Å². The Morgan fingerprint density at radius 3 is 2.36 bits per heavy atom. The molecule has 1 saturated heterocycles. The molecule has 6 heteroatoms. The average Bonchev–Trinajstić information content (AvgIpc) is 2.59. The second kappa shape index (κ2) is 8.97. The smallest absolute Gasteiger partial charge is 0.239 e. The Bertz CT molecular complexity index is 590. The molecule has 2 amide bonds. The lowest BCUT2D eigenvalue weighted by Gasteiger charge is -2.27. The monoisotopic (exact) mass is 347 g/mol. The zero-order valence-corrected chi connectivity index (χ0v) is 15.4. The van der Waals surface area contributed by atoms with E-state index in [1.54, 1.807) is 0 Å². The first-order chi connectivity index (χ1) is 11.9. The lowest BCUT2D eigenvalue weighted by atomic mass is 9.96. The van der Waals surface area contributed by atoms with Crippen molar-refractivity contribution in [2.75, 3.05) is 32.8 Å². The number of amides is 2. The first-order valence-electron chi connectivity index (χ1n) is 8.78. The summed E-state index contributed by atoms with van der Waals surface area (Å²) in [6.07, 6.45) is 0. The van der Waals surface area contributed by atoms with Gasteiger partial charge in [0.05, 0.1) is 19.8 Å². The van der Waals surface area contributed by atoms with Gasteiger partial charge in [0, 0.05) is 31.6 Å². The van der Waals surface area contributed by atoms with Crippen LogP contribution in [0.4, 0.5) is 0 Å². The van der Waals surface area contributed by atoms with Gasteiger partial charge in [-0.05, 0) is 11.1 Å². The van der Waals surface area contributed by atoms with E-state index in [0.29, 0.717) is 6.54 Å². The lowest BCUT2D eigenvalue weighted by Crippen LogP contribution is -2.41. The Hall–Kier alpha value is -1.92. The molecular formula is C19H29N3O3. The van der Waals surface area contributed by atoms with Gasteiger partial charge in [-0.15, -0.1) is 0 Å². The number of benzene rings is 1. The second-order valence-electron chi connectivity index (χ2n) is 7.37. The topological polar surface area (TPSA) is 70.7 Å². The van der Waals surface area contributed by atoms with Crippen LogP contribution in [0.5, 0.6) is 0 Å². The Balaban J connectivity index is 1.83. The fourth-order valence-electron chi connectivity index (χ4n) is 2.57. The molecule has 0 aliphatic carbocycles. The minimum absolute atomic E-state index is 0.00172. The van der Waals surface area contributed by atoms with Gasteiger partial charge in [-0.1, -0.05) is 45.0 Å². The SMILES string of the molecule is CC(C)(C)C(=O)NCC(=O)NCc1ccccc1CN1CCOCC1. The van der Waals surface area contributed by atoms with E-state index in [1.165, 1.54) is 5.56 Å². The average molecular weight is 347 g/mol. The number of ether oxygens (including phenoxy) is 1. The summed E-state index contributed by atoms with van der Waals surface area (Å²) in [6, 6.07) is 8.12. The number of hydrogen-bond donors (Lipinski definition) is 2. The lowest BCUT2D eigenvalue weighted by molar-refractivity contribution is -0.131. The Morgan fingerprint density at radius 1 is 1.08 bits per heavy atom. The zero-order valence-electron chi connectivity index (χ0n) is 15.4. The van der Waals surface area contributed by atoms with Crippen LogP contribution in [0.1, 0.15) is 31.9 Å². The second-order valence-corrected chi connectivity index (χ2v) is 7.37. The quantitative estimate of drug-likeness (QED) is 0.814. The molecular weight excluding hydrogens is 318 g/mol. The number of rotatable bonds is 6. The van der Waals surface area contributed by atoms with Gasteiger partial charge in [0.15, 0.2) is 0 Å². The van der Waals surface area contributed by atoms with Gasteiger partial charge in [0.2, 0.25) is 11.8 Å². The van der Waals surface area contributed by atoms with Crippen molar-refractivity contribution in [2.45, 2.75) is 33.9 Å². The van der Waals surface area contributed by atoms with Gasteiger partial charge in [0.25, 0.3) is 0 Å². The molecule has 0 bridgehead atoms. The molecule has 0 aromatic heterocycles. The molecule has 1 aromatic carbocycles. The van der Waals surface area contributed by atoms with Crippen molar-refractivity contribution in [1.29, 1.82) is 0 Å². The van der Waals surface area contributed by atoms with E-state index in [9.17, 15) is 9.59 Å². The number of morpholine rings is 1. The fourth-order valence-corrected chi connectivity index (χ4v) is 2.57. The molecule has 1 aliphatic rings. The van der Waals surface area contributed by atoms with Gasteiger partial charge in [-0.2, -0.15) is 0 Å². The molecule has 1 aromatic rings. The predicted octanol–water partition coefficient (Wildman–Crippen LogP) is 1.30. The highest BCUT2D eigenvalue weighted by Crippen LogP contribution is 2.13. The largest absolute Gasteiger partial charge is 0.379 e. The van der Waals surface area contributed by atoms with Gasteiger partial charge in [0.1, 0.15) is 0 Å². The maximum absolute atomic E-state index is 12.0. The summed E-state index contributed by atoms with van der Waals surface area (Å²) in [5.41, 5.74) is 1.82. The molecule has 0 unspecified atom stereocenters. The predicted molar refractivity (Wildman–Crippen MR) is 96.8 cm³/mol. The first-order valence-corrected chi connectivity index (χ1v) is 8.78. The van der Waals surface area contributed by atoms with E-state index in [0.717, 1.165) is 38.4 Å². The summed E-state index contributed by atoms with van der Waals surface area (Å²) in [4.78, 5) is 26.2. The van der Waals surface area contributed by atoms with Crippen molar-refractivity contribution in [1.82, 2.24) is 15.5 Å². The van der Waals surface area contributed by atoms with Gasteiger partial charge in [-0.25, -0.2) is 0 Å². The number of carbonyl (C=O) groups excluding carboxylic acids is 2.